The molecular weight excluding hydrogens is 455 g/mol. The summed E-state index contributed by atoms with van der Waals surface area (Å²) in [6.45, 7) is -0.471. The van der Waals surface area contributed by atoms with E-state index in [1.54, 1.807) is 36.4 Å². The van der Waals surface area contributed by atoms with Gasteiger partial charge in [0.15, 0.2) is 9.84 Å². The third-order valence-electron chi connectivity index (χ3n) is 5.00. The maximum atomic E-state index is 13.4. The number of para-hydroxylation sites is 1. The molecule has 5 nitrogen and oxygen atoms in total. The van der Waals surface area contributed by atoms with Crippen molar-refractivity contribution in [1.82, 2.24) is 4.98 Å². The van der Waals surface area contributed by atoms with Crippen LogP contribution in [0.4, 0.5) is 13.2 Å². The number of sulfone groups is 1. The van der Waals surface area contributed by atoms with Crippen LogP contribution < -0.4 is 4.74 Å². The second-order valence-corrected chi connectivity index (χ2v) is 9.31. The van der Waals surface area contributed by atoms with E-state index >= 15 is 0 Å². The highest BCUT2D eigenvalue weighted by atomic mass is 32.2. The van der Waals surface area contributed by atoms with Crippen LogP contribution in [0.2, 0.25) is 0 Å². The summed E-state index contributed by atoms with van der Waals surface area (Å²) in [5, 5.41) is 9.25. The van der Waals surface area contributed by atoms with E-state index in [-0.39, 0.29) is 16.2 Å². The lowest BCUT2D eigenvalue weighted by Gasteiger charge is -2.13. The van der Waals surface area contributed by atoms with Crippen molar-refractivity contribution in [3.8, 4) is 22.6 Å². The first-order valence-corrected chi connectivity index (χ1v) is 11.5. The van der Waals surface area contributed by atoms with E-state index in [9.17, 15) is 21.6 Å². The van der Waals surface area contributed by atoms with Crippen molar-refractivity contribution in [2.45, 2.75) is 11.1 Å². The van der Waals surface area contributed by atoms with E-state index in [1.807, 2.05) is 0 Å². The van der Waals surface area contributed by atoms with Crippen LogP contribution in [0, 0.1) is 0 Å². The van der Waals surface area contributed by atoms with E-state index in [0.717, 1.165) is 6.07 Å². The van der Waals surface area contributed by atoms with E-state index in [1.165, 1.54) is 36.5 Å². The van der Waals surface area contributed by atoms with Crippen molar-refractivity contribution in [1.29, 1.82) is 0 Å². The zero-order chi connectivity index (χ0) is 23.6. The molecule has 0 radical (unpaired) electrons. The molecule has 0 amide bonds. The van der Waals surface area contributed by atoms with Gasteiger partial charge in [0.05, 0.1) is 28.3 Å². The van der Waals surface area contributed by atoms with Gasteiger partial charge in [-0.25, -0.2) is 8.42 Å². The Morgan fingerprint density at radius 3 is 2.33 bits per heavy atom. The first-order valence-electron chi connectivity index (χ1n) is 9.86. The third-order valence-corrected chi connectivity index (χ3v) is 6.71. The minimum absolute atomic E-state index is 0.0707. The first-order chi connectivity index (χ1) is 15.7. The summed E-state index contributed by atoms with van der Waals surface area (Å²) in [5.74, 6) is 0.440. The Hall–Kier alpha value is -3.43. The summed E-state index contributed by atoms with van der Waals surface area (Å²) >= 11 is 0. The molecule has 1 N–H and O–H groups in total. The topological polar surface area (TPSA) is 76.5 Å². The minimum Gasteiger partial charge on any atom is -0.457 e. The monoisotopic (exact) mass is 473 g/mol. The average Bonchev–Trinajstić information content (AvgIpc) is 2.78. The van der Waals surface area contributed by atoms with Gasteiger partial charge in [-0.05, 0) is 59.7 Å². The molecule has 0 aliphatic carbocycles. The fourth-order valence-electron chi connectivity index (χ4n) is 3.47. The van der Waals surface area contributed by atoms with E-state index in [2.05, 4.69) is 4.98 Å². The molecule has 0 atom stereocenters. The molecule has 170 valence electrons. The molecule has 4 rings (SSSR count). The molecule has 1 heterocycles. The minimum atomic E-state index is -4.52. The molecule has 0 saturated carbocycles. The second kappa shape index (κ2) is 8.84. The highest BCUT2D eigenvalue weighted by Crippen LogP contribution is 2.37. The van der Waals surface area contributed by atoms with Crippen molar-refractivity contribution in [2.24, 2.45) is 0 Å². The summed E-state index contributed by atoms with van der Waals surface area (Å²) in [5.41, 5.74) is 0.280. The molecule has 0 aliphatic heterocycles. The number of hydrogen-bond acceptors (Lipinski definition) is 5. The molecule has 0 aliphatic rings. The standard InChI is InChI=1S/C24H18F3NO4S/c25-24(26,27)22-6-2-5-21-20(11-12-28-23(21)22)16-3-1-4-18(15-16)32-17-7-9-19(10-8-17)33(30,31)14-13-29/h1-12,15,29H,13-14H2. The quantitative estimate of drug-likeness (QED) is 0.401. The van der Waals surface area contributed by atoms with Crippen molar-refractivity contribution in [3.63, 3.8) is 0 Å². The number of alkyl halides is 3. The van der Waals surface area contributed by atoms with E-state index < -0.39 is 28.2 Å². The molecular formula is C24H18F3NO4S. The Morgan fingerprint density at radius 2 is 1.64 bits per heavy atom. The number of nitrogens with zero attached hydrogens (tertiary/aromatic N) is 1. The van der Waals surface area contributed by atoms with Crippen LogP contribution in [0.5, 0.6) is 11.5 Å². The highest BCUT2D eigenvalue weighted by Gasteiger charge is 2.33. The third kappa shape index (κ3) is 4.84. The van der Waals surface area contributed by atoms with Gasteiger partial charge in [-0.1, -0.05) is 24.3 Å². The molecule has 9 heteroatoms. The summed E-state index contributed by atoms with van der Waals surface area (Å²) in [4.78, 5) is 4.02. The highest BCUT2D eigenvalue weighted by molar-refractivity contribution is 7.91. The molecule has 4 aromatic rings. The first kappa shape index (κ1) is 22.8. The lowest BCUT2D eigenvalue weighted by Crippen LogP contribution is -2.09. The van der Waals surface area contributed by atoms with Gasteiger partial charge >= 0.3 is 6.18 Å². The molecule has 3 aromatic carbocycles. The number of rotatable bonds is 6. The molecule has 0 saturated heterocycles. The lowest BCUT2D eigenvalue weighted by atomic mass is 9.99. The second-order valence-electron chi connectivity index (χ2n) is 7.20. The van der Waals surface area contributed by atoms with Gasteiger partial charge in [0.25, 0.3) is 0 Å². The Morgan fingerprint density at radius 1 is 0.909 bits per heavy atom. The fraction of sp³-hybridized carbons (Fsp3) is 0.125. The van der Waals surface area contributed by atoms with Crippen molar-refractivity contribution < 1.29 is 31.4 Å². The van der Waals surface area contributed by atoms with Gasteiger partial charge in [0, 0.05) is 11.6 Å². The summed E-state index contributed by atoms with van der Waals surface area (Å²) in [6, 6.07) is 18.2. The van der Waals surface area contributed by atoms with Crippen molar-refractivity contribution in [2.75, 3.05) is 12.4 Å². The molecule has 0 fully saturated rings. The van der Waals surface area contributed by atoms with Gasteiger partial charge in [0.2, 0.25) is 0 Å². The summed E-state index contributed by atoms with van der Waals surface area (Å²) < 4.78 is 70.0. The van der Waals surface area contributed by atoms with Crippen LogP contribution in [-0.4, -0.2) is 30.9 Å². The number of aliphatic hydroxyl groups excluding tert-OH is 1. The van der Waals surface area contributed by atoms with Crippen LogP contribution >= 0.6 is 0 Å². The van der Waals surface area contributed by atoms with Crippen LogP contribution in [-0.2, 0) is 16.0 Å². The van der Waals surface area contributed by atoms with Gasteiger partial charge in [0.1, 0.15) is 11.5 Å². The maximum absolute atomic E-state index is 13.4. The predicted molar refractivity (Wildman–Crippen MR) is 118 cm³/mol. The molecule has 0 spiro atoms. The zero-order valence-electron chi connectivity index (χ0n) is 17.1. The number of hydrogen-bond donors (Lipinski definition) is 1. The lowest BCUT2D eigenvalue weighted by molar-refractivity contribution is -0.136. The normalized spacial score (nSPS) is 12.1. The number of halogens is 3. The van der Waals surface area contributed by atoms with Crippen LogP contribution in [0.25, 0.3) is 22.0 Å². The zero-order valence-corrected chi connectivity index (χ0v) is 17.9. The Labute approximate surface area is 188 Å². The molecule has 0 unspecified atom stereocenters. The summed E-state index contributed by atoms with van der Waals surface area (Å²) in [7, 11) is -3.57. The largest absolute Gasteiger partial charge is 0.457 e. The number of fused-ring (bicyclic) bond motifs is 1. The number of aliphatic hydroxyl groups is 1. The average molecular weight is 473 g/mol. The predicted octanol–water partition coefficient (Wildman–Crippen LogP) is 5.48. The molecule has 1 aromatic heterocycles. The number of pyridine rings is 1. The number of benzene rings is 3. The van der Waals surface area contributed by atoms with Crippen molar-refractivity contribution >= 4 is 20.7 Å². The van der Waals surface area contributed by atoms with Crippen LogP contribution in [0.1, 0.15) is 5.56 Å². The van der Waals surface area contributed by atoms with Gasteiger partial charge < -0.3 is 9.84 Å². The Kier molecular flexibility index (Phi) is 6.09. The van der Waals surface area contributed by atoms with E-state index in [0.29, 0.717) is 28.0 Å². The van der Waals surface area contributed by atoms with Gasteiger partial charge in [-0.2, -0.15) is 13.2 Å². The maximum Gasteiger partial charge on any atom is 0.418 e. The van der Waals surface area contributed by atoms with Crippen LogP contribution in [0.3, 0.4) is 0 Å². The van der Waals surface area contributed by atoms with E-state index in [4.69, 9.17) is 9.84 Å². The Balaban J connectivity index is 1.66. The SMILES string of the molecule is O=S(=O)(CCO)c1ccc(Oc2cccc(-c3ccnc4c(C(F)(F)F)cccc34)c2)cc1. The smallest absolute Gasteiger partial charge is 0.418 e. The van der Waals surface area contributed by atoms with Crippen LogP contribution in [0.15, 0.2) is 83.9 Å². The number of aromatic nitrogens is 1. The molecule has 33 heavy (non-hydrogen) atoms. The molecule has 0 bridgehead atoms. The van der Waals surface area contributed by atoms with Crippen molar-refractivity contribution in [3.05, 3.63) is 84.6 Å². The summed E-state index contributed by atoms with van der Waals surface area (Å²) in [6.07, 6.45) is -3.18. The van der Waals surface area contributed by atoms with Gasteiger partial charge in [-0.15, -0.1) is 0 Å². The van der Waals surface area contributed by atoms with Gasteiger partial charge in [-0.3, -0.25) is 4.98 Å². The number of ether oxygens (including phenoxy) is 1. The Bertz CT molecular complexity index is 1400. The fourth-order valence-corrected chi connectivity index (χ4v) is 4.50.